The minimum Gasteiger partial charge on any atom is -0.476 e. The van der Waals surface area contributed by atoms with E-state index in [0.29, 0.717) is 19.7 Å². The molecule has 0 spiro atoms. The van der Waals surface area contributed by atoms with Gasteiger partial charge in [-0.05, 0) is 6.92 Å². The fourth-order valence-electron chi connectivity index (χ4n) is 1.78. The van der Waals surface area contributed by atoms with E-state index in [9.17, 15) is 8.78 Å². The molecule has 1 aliphatic rings. The van der Waals surface area contributed by atoms with Gasteiger partial charge in [0.2, 0.25) is 0 Å². The average Bonchev–Trinajstić information content (AvgIpc) is 2.34. The van der Waals surface area contributed by atoms with Crippen molar-refractivity contribution in [2.45, 2.75) is 6.92 Å². The minimum atomic E-state index is -0.761. The summed E-state index contributed by atoms with van der Waals surface area (Å²) in [6.07, 6.45) is 0. The molecule has 0 bridgehead atoms. The van der Waals surface area contributed by atoms with Gasteiger partial charge in [0.1, 0.15) is 0 Å². The topological polar surface area (TPSA) is 37.4 Å². The summed E-state index contributed by atoms with van der Waals surface area (Å²) in [5.41, 5.74) is 0. The molecule has 0 unspecified atom stereocenters. The van der Waals surface area contributed by atoms with Crippen molar-refractivity contribution in [3.05, 3.63) is 17.7 Å². The van der Waals surface area contributed by atoms with E-state index in [4.69, 9.17) is 4.74 Å². The van der Waals surface area contributed by atoms with Crippen LogP contribution in [0.15, 0.2) is 6.07 Å². The standard InChI is InChI=1S/C11H15F2N3O/c1-2-17-11-9(13)7-8(12)10(15-11)16-5-3-14-4-6-16/h7,14H,2-6H2,1H3. The SMILES string of the molecule is CCOc1nc(N2CCNCC2)c(F)cc1F. The Hall–Kier alpha value is -1.43. The molecule has 0 atom stereocenters. The normalized spacial score (nSPS) is 16.1. The van der Waals surface area contributed by atoms with Crippen molar-refractivity contribution in [2.24, 2.45) is 0 Å². The molecule has 2 rings (SSSR count). The summed E-state index contributed by atoms with van der Waals surface area (Å²) in [6, 6.07) is 0.829. The van der Waals surface area contributed by atoms with E-state index < -0.39 is 11.6 Å². The molecule has 6 heteroatoms. The number of nitrogens with one attached hydrogen (secondary N) is 1. The fraction of sp³-hybridized carbons (Fsp3) is 0.545. The second-order valence-electron chi connectivity index (χ2n) is 3.75. The molecule has 1 aromatic rings. The maximum Gasteiger partial charge on any atom is 0.252 e. The van der Waals surface area contributed by atoms with Gasteiger partial charge in [-0.15, -0.1) is 0 Å². The molecule has 0 radical (unpaired) electrons. The Labute approximate surface area is 98.6 Å². The van der Waals surface area contributed by atoms with Crippen LogP contribution in [0.1, 0.15) is 6.92 Å². The van der Waals surface area contributed by atoms with Crippen molar-refractivity contribution in [1.82, 2.24) is 10.3 Å². The monoisotopic (exact) mass is 243 g/mol. The summed E-state index contributed by atoms with van der Waals surface area (Å²) in [5.74, 6) is -1.38. The second-order valence-corrected chi connectivity index (χ2v) is 3.75. The number of ether oxygens (including phenoxy) is 1. The Morgan fingerprint density at radius 3 is 2.71 bits per heavy atom. The lowest BCUT2D eigenvalue weighted by molar-refractivity contribution is 0.305. The molecular weight excluding hydrogens is 228 g/mol. The van der Waals surface area contributed by atoms with Gasteiger partial charge >= 0.3 is 0 Å². The van der Waals surface area contributed by atoms with Crippen LogP contribution in [0.2, 0.25) is 0 Å². The van der Waals surface area contributed by atoms with E-state index in [1.165, 1.54) is 0 Å². The number of anilines is 1. The molecule has 0 aromatic carbocycles. The third-order valence-corrected chi connectivity index (χ3v) is 2.58. The summed E-state index contributed by atoms with van der Waals surface area (Å²) in [5, 5.41) is 3.16. The molecule has 1 aliphatic heterocycles. The summed E-state index contributed by atoms with van der Waals surface area (Å²) < 4.78 is 32.0. The average molecular weight is 243 g/mol. The molecule has 4 nitrogen and oxygen atoms in total. The smallest absolute Gasteiger partial charge is 0.252 e. The van der Waals surface area contributed by atoms with E-state index in [1.807, 2.05) is 0 Å². The third-order valence-electron chi connectivity index (χ3n) is 2.58. The molecule has 94 valence electrons. The molecule has 1 aromatic heterocycles. The number of rotatable bonds is 3. The lowest BCUT2D eigenvalue weighted by atomic mass is 10.3. The third kappa shape index (κ3) is 2.63. The number of piperazine rings is 1. The van der Waals surface area contributed by atoms with Gasteiger partial charge in [-0.2, -0.15) is 4.98 Å². The van der Waals surface area contributed by atoms with Crippen LogP contribution in [-0.2, 0) is 0 Å². The molecule has 0 amide bonds. The lowest BCUT2D eigenvalue weighted by Crippen LogP contribution is -2.44. The number of halogens is 2. The first-order valence-electron chi connectivity index (χ1n) is 5.67. The van der Waals surface area contributed by atoms with E-state index in [2.05, 4.69) is 10.3 Å². The van der Waals surface area contributed by atoms with Crippen LogP contribution in [-0.4, -0.2) is 37.8 Å². The second kappa shape index (κ2) is 5.27. The van der Waals surface area contributed by atoms with E-state index in [-0.39, 0.29) is 11.7 Å². The van der Waals surface area contributed by atoms with Gasteiger partial charge in [-0.3, -0.25) is 0 Å². The van der Waals surface area contributed by atoms with Crippen molar-refractivity contribution in [2.75, 3.05) is 37.7 Å². The summed E-state index contributed by atoms with van der Waals surface area (Å²) in [4.78, 5) is 5.70. The molecule has 1 fully saturated rings. The van der Waals surface area contributed by atoms with Crippen LogP contribution in [0, 0.1) is 11.6 Å². The van der Waals surface area contributed by atoms with E-state index in [1.54, 1.807) is 11.8 Å². The highest BCUT2D eigenvalue weighted by atomic mass is 19.1. The predicted octanol–water partition coefficient (Wildman–Crippen LogP) is 1.17. The Morgan fingerprint density at radius 2 is 2.06 bits per heavy atom. The lowest BCUT2D eigenvalue weighted by Gasteiger charge is -2.28. The van der Waals surface area contributed by atoms with Crippen molar-refractivity contribution in [3.8, 4) is 5.88 Å². The molecule has 1 saturated heterocycles. The number of hydrogen-bond donors (Lipinski definition) is 1. The van der Waals surface area contributed by atoms with Crippen LogP contribution in [0.4, 0.5) is 14.6 Å². The fourth-order valence-corrected chi connectivity index (χ4v) is 1.78. The number of aromatic nitrogens is 1. The van der Waals surface area contributed by atoms with Crippen LogP contribution >= 0.6 is 0 Å². The minimum absolute atomic E-state index is 0.137. The quantitative estimate of drug-likeness (QED) is 0.864. The van der Waals surface area contributed by atoms with Gasteiger partial charge < -0.3 is 15.0 Å². The molecule has 1 N–H and O–H groups in total. The Morgan fingerprint density at radius 1 is 1.35 bits per heavy atom. The molecular formula is C11H15F2N3O. The van der Waals surface area contributed by atoms with Crippen LogP contribution < -0.4 is 15.0 Å². The zero-order chi connectivity index (χ0) is 12.3. The summed E-state index contributed by atoms with van der Waals surface area (Å²) in [7, 11) is 0. The first kappa shape index (κ1) is 12.0. The van der Waals surface area contributed by atoms with Crippen LogP contribution in [0.5, 0.6) is 5.88 Å². The molecule has 17 heavy (non-hydrogen) atoms. The summed E-state index contributed by atoms with van der Waals surface area (Å²) >= 11 is 0. The largest absolute Gasteiger partial charge is 0.476 e. The molecule has 2 heterocycles. The Bertz CT molecular complexity index is 395. The van der Waals surface area contributed by atoms with Crippen molar-refractivity contribution in [1.29, 1.82) is 0 Å². The van der Waals surface area contributed by atoms with Crippen molar-refractivity contribution < 1.29 is 13.5 Å². The van der Waals surface area contributed by atoms with E-state index in [0.717, 1.165) is 19.2 Å². The van der Waals surface area contributed by atoms with Gasteiger partial charge in [0, 0.05) is 32.2 Å². The molecule has 0 saturated carbocycles. The van der Waals surface area contributed by atoms with E-state index >= 15 is 0 Å². The maximum atomic E-state index is 13.6. The Balaban J connectivity index is 2.28. The first-order chi connectivity index (χ1) is 8.22. The highest BCUT2D eigenvalue weighted by Crippen LogP contribution is 2.24. The first-order valence-corrected chi connectivity index (χ1v) is 5.67. The Kier molecular flexibility index (Phi) is 3.73. The van der Waals surface area contributed by atoms with Gasteiger partial charge in [0.25, 0.3) is 5.88 Å². The van der Waals surface area contributed by atoms with Crippen LogP contribution in [0.25, 0.3) is 0 Å². The highest BCUT2D eigenvalue weighted by Gasteiger charge is 2.19. The van der Waals surface area contributed by atoms with Crippen molar-refractivity contribution in [3.63, 3.8) is 0 Å². The number of hydrogen-bond acceptors (Lipinski definition) is 4. The zero-order valence-electron chi connectivity index (χ0n) is 9.67. The zero-order valence-corrected chi connectivity index (χ0v) is 9.67. The van der Waals surface area contributed by atoms with Crippen LogP contribution in [0.3, 0.4) is 0 Å². The van der Waals surface area contributed by atoms with Crippen molar-refractivity contribution >= 4 is 5.82 Å². The number of pyridine rings is 1. The van der Waals surface area contributed by atoms with Gasteiger partial charge in [0.05, 0.1) is 6.61 Å². The number of nitrogens with zero attached hydrogens (tertiary/aromatic N) is 2. The predicted molar refractivity (Wildman–Crippen MR) is 60.4 cm³/mol. The maximum absolute atomic E-state index is 13.6. The highest BCUT2D eigenvalue weighted by molar-refractivity contribution is 5.43. The van der Waals surface area contributed by atoms with Gasteiger partial charge in [0.15, 0.2) is 17.5 Å². The van der Waals surface area contributed by atoms with Gasteiger partial charge in [-0.25, -0.2) is 8.78 Å². The summed E-state index contributed by atoms with van der Waals surface area (Å²) in [6.45, 7) is 4.87. The van der Waals surface area contributed by atoms with Gasteiger partial charge in [-0.1, -0.05) is 0 Å². The molecule has 0 aliphatic carbocycles.